The average molecular weight is 276 g/mol. The van der Waals surface area contributed by atoms with Crippen LogP contribution in [-0.4, -0.2) is 19.0 Å². The Bertz CT molecular complexity index is 423. The van der Waals surface area contributed by atoms with Gasteiger partial charge in [-0.2, -0.15) is 0 Å². The molecule has 0 aromatic heterocycles. The number of benzene rings is 1. The van der Waals surface area contributed by atoms with Crippen molar-refractivity contribution in [2.45, 2.75) is 52.9 Å². The molecule has 0 saturated carbocycles. The summed E-state index contributed by atoms with van der Waals surface area (Å²) in [5, 5.41) is 6.42. The van der Waals surface area contributed by atoms with Crippen molar-refractivity contribution in [1.29, 1.82) is 0 Å². The fourth-order valence-electron chi connectivity index (χ4n) is 2.51. The van der Waals surface area contributed by atoms with Crippen LogP contribution in [0, 0.1) is 6.92 Å². The molecule has 1 aromatic rings. The zero-order valence-corrected chi connectivity index (χ0v) is 13.3. The van der Waals surface area contributed by atoms with Gasteiger partial charge in [0.25, 0.3) is 0 Å². The summed E-state index contributed by atoms with van der Waals surface area (Å²) in [6, 6.07) is 6.40. The highest BCUT2D eigenvalue weighted by molar-refractivity contribution is 5.91. The van der Waals surface area contributed by atoms with Crippen molar-refractivity contribution in [3.8, 4) is 0 Å². The zero-order valence-electron chi connectivity index (χ0n) is 13.3. The maximum atomic E-state index is 11.6. The van der Waals surface area contributed by atoms with E-state index < -0.39 is 0 Å². The van der Waals surface area contributed by atoms with Gasteiger partial charge in [-0.1, -0.05) is 32.9 Å². The molecule has 2 N–H and O–H groups in total. The second-order valence-electron chi connectivity index (χ2n) is 5.02. The predicted octanol–water partition coefficient (Wildman–Crippen LogP) is 3.84. The summed E-state index contributed by atoms with van der Waals surface area (Å²) in [4.78, 5) is 11.6. The van der Waals surface area contributed by atoms with Gasteiger partial charge in [-0.05, 0) is 56.0 Å². The normalized spacial score (nSPS) is 15.2. The van der Waals surface area contributed by atoms with E-state index in [0.717, 1.165) is 31.6 Å². The van der Waals surface area contributed by atoms with E-state index in [1.54, 1.807) is 0 Å². The summed E-state index contributed by atoms with van der Waals surface area (Å²) in [6.45, 7) is 10.1. The zero-order chi connectivity index (χ0) is 15.0. The Morgan fingerprint density at radius 2 is 1.95 bits per heavy atom. The standard InChI is InChI=1S/C15H22N2O.C2H6/c1-3-15(18)17-14-10-11(2)4-5-13(14)12-6-8-16-9-7-12;1-2/h4-5,10,12,16H,3,6-9H2,1-2H3,(H,17,18);1-2H3. The molecule has 1 aliphatic rings. The number of carbonyl (C=O) groups excluding carboxylic acids is 1. The fraction of sp³-hybridized carbons (Fsp3) is 0.588. The first kappa shape index (κ1) is 16.7. The minimum Gasteiger partial charge on any atom is -0.326 e. The molecule has 3 nitrogen and oxygen atoms in total. The first-order valence-electron chi connectivity index (χ1n) is 7.82. The number of anilines is 1. The lowest BCUT2D eigenvalue weighted by atomic mass is 9.88. The third kappa shape index (κ3) is 4.64. The molecule has 20 heavy (non-hydrogen) atoms. The van der Waals surface area contributed by atoms with Crippen LogP contribution in [0.4, 0.5) is 5.69 Å². The summed E-state index contributed by atoms with van der Waals surface area (Å²) < 4.78 is 0. The van der Waals surface area contributed by atoms with Crippen LogP contribution >= 0.6 is 0 Å². The van der Waals surface area contributed by atoms with Gasteiger partial charge in [0, 0.05) is 12.1 Å². The maximum Gasteiger partial charge on any atom is 0.224 e. The molecule has 0 bridgehead atoms. The monoisotopic (exact) mass is 276 g/mol. The first-order valence-corrected chi connectivity index (χ1v) is 7.82. The molecule has 0 unspecified atom stereocenters. The van der Waals surface area contributed by atoms with E-state index in [-0.39, 0.29) is 5.91 Å². The molecule has 1 heterocycles. The molecule has 1 aromatic carbocycles. The Labute approximate surface area is 123 Å². The number of aryl methyl sites for hydroxylation is 1. The molecule has 1 amide bonds. The minimum absolute atomic E-state index is 0.0933. The molecule has 1 fully saturated rings. The topological polar surface area (TPSA) is 41.1 Å². The maximum absolute atomic E-state index is 11.6. The van der Waals surface area contributed by atoms with E-state index in [1.165, 1.54) is 11.1 Å². The Balaban J connectivity index is 0.000000956. The summed E-state index contributed by atoms with van der Waals surface area (Å²) >= 11 is 0. The van der Waals surface area contributed by atoms with E-state index in [4.69, 9.17) is 0 Å². The average Bonchev–Trinajstić information content (AvgIpc) is 2.50. The van der Waals surface area contributed by atoms with Crippen molar-refractivity contribution in [3.63, 3.8) is 0 Å². The van der Waals surface area contributed by atoms with E-state index >= 15 is 0 Å². The van der Waals surface area contributed by atoms with Crippen LogP contribution in [0.2, 0.25) is 0 Å². The molecule has 3 heteroatoms. The van der Waals surface area contributed by atoms with E-state index in [1.807, 2.05) is 20.8 Å². The van der Waals surface area contributed by atoms with Gasteiger partial charge in [0.2, 0.25) is 5.91 Å². The second kappa shape index (κ2) is 8.75. The smallest absolute Gasteiger partial charge is 0.224 e. The molecule has 0 atom stereocenters. The van der Waals surface area contributed by atoms with Gasteiger partial charge in [-0.3, -0.25) is 4.79 Å². The SMILES string of the molecule is CC.CCC(=O)Nc1cc(C)ccc1C1CCNCC1. The van der Waals surface area contributed by atoms with Crippen LogP contribution in [0.25, 0.3) is 0 Å². The van der Waals surface area contributed by atoms with Crippen molar-refractivity contribution in [2.75, 3.05) is 18.4 Å². The van der Waals surface area contributed by atoms with Crippen LogP contribution in [0.5, 0.6) is 0 Å². The lowest BCUT2D eigenvalue weighted by Crippen LogP contribution is -2.27. The molecule has 1 aliphatic heterocycles. The lowest BCUT2D eigenvalue weighted by molar-refractivity contribution is -0.115. The highest BCUT2D eigenvalue weighted by atomic mass is 16.1. The predicted molar refractivity (Wildman–Crippen MR) is 86.3 cm³/mol. The van der Waals surface area contributed by atoms with Crippen LogP contribution in [0.15, 0.2) is 18.2 Å². The summed E-state index contributed by atoms with van der Waals surface area (Å²) in [7, 11) is 0. The summed E-state index contributed by atoms with van der Waals surface area (Å²) in [6.07, 6.45) is 2.83. The van der Waals surface area contributed by atoms with Gasteiger partial charge in [-0.15, -0.1) is 0 Å². The van der Waals surface area contributed by atoms with Crippen LogP contribution in [0.1, 0.15) is 57.1 Å². The van der Waals surface area contributed by atoms with Gasteiger partial charge in [0.05, 0.1) is 0 Å². The molecule has 112 valence electrons. The van der Waals surface area contributed by atoms with Gasteiger partial charge >= 0.3 is 0 Å². The van der Waals surface area contributed by atoms with E-state index in [0.29, 0.717) is 12.3 Å². The van der Waals surface area contributed by atoms with Crippen molar-refractivity contribution < 1.29 is 4.79 Å². The number of hydrogen-bond acceptors (Lipinski definition) is 2. The molecule has 0 spiro atoms. The third-order valence-corrected chi connectivity index (χ3v) is 3.58. The summed E-state index contributed by atoms with van der Waals surface area (Å²) in [5.74, 6) is 0.662. The Hall–Kier alpha value is -1.35. The number of carbonyl (C=O) groups is 1. The molecule has 0 radical (unpaired) electrons. The van der Waals surface area contributed by atoms with Crippen LogP contribution in [-0.2, 0) is 4.79 Å². The molecular formula is C17H28N2O. The van der Waals surface area contributed by atoms with Gasteiger partial charge in [-0.25, -0.2) is 0 Å². The van der Waals surface area contributed by atoms with Gasteiger partial charge in [0.15, 0.2) is 0 Å². The van der Waals surface area contributed by atoms with Crippen molar-refractivity contribution >= 4 is 11.6 Å². The largest absolute Gasteiger partial charge is 0.326 e. The Kier molecular flexibility index (Phi) is 7.31. The molecule has 2 rings (SSSR count). The number of hydrogen-bond donors (Lipinski definition) is 2. The van der Waals surface area contributed by atoms with Gasteiger partial charge in [0.1, 0.15) is 0 Å². The summed E-state index contributed by atoms with van der Waals surface area (Å²) in [5.41, 5.74) is 3.50. The van der Waals surface area contributed by atoms with Crippen LogP contribution in [0.3, 0.4) is 0 Å². The molecule has 1 saturated heterocycles. The molecule has 0 aliphatic carbocycles. The fourth-order valence-corrected chi connectivity index (χ4v) is 2.51. The van der Waals surface area contributed by atoms with Gasteiger partial charge < -0.3 is 10.6 Å². The second-order valence-corrected chi connectivity index (χ2v) is 5.02. The van der Waals surface area contributed by atoms with Crippen molar-refractivity contribution in [3.05, 3.63) is 29.3 Å². The number of piperidine rings is 1. The first-order chi connectivity index (χ1) is 9.70. The third-order valence-electron chi connectivity index (χ3n) is 3.58. The van der Waals surface area contributed by atoms with Crippen LogP contribution < -0.4 is 10.6 Å². The minimum atomic E-state index is 0.0933. The number of nitrogens with one attached hydrogen (secondary N) is 2. The highest BCUT2D eigenvalue weighted by Gasteiger charge is 2.18. The quantitative estimate of drug-likeness (QED) is 0.880. The Morgan fingerprint density at radius 1 is 1.30 bits per heavy atom. The number of amides is 1. The highest BCUT2D eigenvalue weighted by Crippen LogP contribution is 2.31. The van der Waals surface area contributed by atoms with Crippen molar-refractivity contribution in [2.24, 2.45) is 0 Å². The van der Waals surface area contributed by atoms with Crippen molar-refractivity contribution in [1.82, 2.24) is 5.32 Å². The van der Waals surface area contributed by atoms with E-state index in [9.17, 15) is 4.79 Å². The Morgan fingerprint density at radius 3 is 2.55 bits per heavy atom. The molecular weight excluding hydrogens is 248 g/mol. The van der Waals surface area contributed by atoms with E-state index in [2.05, 4.69) is 35.8 Å². The lowest BCUT2D eigenvalue weighted by Gasteiger charge is -2.25. The number of rotatable bonds is 3.